The molecular weight excluding hydrogens is 524 g/mol. The quantitative estimate of drug-likeness (QED) is 0.200. The van der Waals surface area contributed by atoms with Gasteiger partial charge in [-0.15, -0.1) is 0 Å². The average molecular weight is 561 g/mol. The number of aryl methyl sites for hydroxylation is 2. The number of carboxylic acids is 1. The Morgan fingerprint density at radius 2 is 1.62 bits per heavy atom. The van der Waals surface area contributed by atoms with Gasteiger partial charge in [-0.05, 0) is 72.0 Å². The van der Waals surface area contributed by atoms with Crippen LogP contribution in [0.15, 0.2) is 91.0 Å². The van der Waals surface area contributed by atoms with Gasteiger partial charge in [0.1, 0.15) is 5.82 Å². The number of carbonyl (C=O) groups excluding carboxylic acids is 1. The molecule has 0 aliphatic rings. The highest BCUT2D eigenvalue weighted by atomic mass is 16.4. The molecule has 0 saturated carbocycles. The van der Waals surface area contributed by atoms with Gasteiger partial charge in [0.25, 0.3) is 0 Å². The Bertz CT molecular complexity index is 1740. The van der Waals surface area contributed by atoms with Crippen molar-refractivity contribution in [3.8, 4) is 16.8 Å². The molecule has 0 bridgehead atoms. The fourth-order valence-corrected chi connectivity index (χ4v) is 5.34. The second kappa shape index (κ2) is 12.3. The zero-order chi connectivity index (χ0) is 29.8. The van der Waals surface area contributed by atoms with Gasteiger partial charge in [-0.1, -0.05) is 67.9 Å². The van der Waals surface area contributed by atoms with Crippen LogP contribution in [0.25, 0.3) is 27.8 Å². The monoisotopic (exact) mass is 560 g/mol. The molecule has 0 atom stereocenters. The summed E-state index contributed by atoms with van der Waals surface area (Å²) in [6, 6.07) is 29.1. The number of carbonyl (C=O) groups is 2. The topological polar surface area (TPSA) is 78.7 Å². The molecule has 42 heavy (non-hydrogen) atoms. The fourth-order valence-electron chi connectivity index (χ4n) is 5.34. The summed E-state index contributed by atoms with van der Waals surface area (Å²) in [4.78, 5) is 33.7. The Labute approximate surface area is 246 Å². The first-order chi connectivity index (χ1) is 20.3. The smallest absolute Gasteiger partial charge is 0.336 e. The number of fused-ring (bicyclic) bond motifs is 1. The van der Waals surface area contributed by atoms with Gasteiger partial charge in [-0.25, -0.2) is 14.6 Å². The van der Waals surface area contributed by atoms with E-state index in [1.54, 1.807) is 36.0 Å². The van der Waals surface area contributed by atoms with Crippen LogP contribution in [0.2, 0.25) is 0 Å². The summed E-state index contributed by atoms with van der Waals surface area (Å²) in [5.74, 6) is 0.00650. The fraction of sp³-hybridized carbons (Fsp3) is 0.229. The number of amides is 2. The lowest BCUT2D eigenvalue weighted by atomic mass is 9.95. The Balaban J connectivity index is 1.64. The van der Waals surface area contributed by atoms with Crippen molar-refractivity contribution in [3.05, 3.63) is 114 Å². The number of aromatic carboxylic acids is 1. The van der Waals surface area contributed by atoms with Gasteiger partial charge in [-0.3, -0.25) is 9.47 Å². The van der Waals surface area contributed by atoms with E-state index in [0.29, 0.717) is 12.1 Å². The van der Waals surface area contributed by atoms with Gasteiger partial charge in [0.05, 0.1) is 23.1 Å². The van der Waals surface area contributed by atoms with E-state index in [1.165, 1.54) is 0 Å². The lowest BCUT2D eigenvalue weighted by molar-refractivity contribution is 0.0697. The van der Waals surface area contributed by atoms with E-state index in [4.69, 9.17) is 4.98 Å². The van der Waals surface area contributed by atoms with Gasteiger partial charge in [0.15, 0.2) is 0 Å². The largest absolute Gasteiger partial charge is 0.478 e. The molecule has 4 aromatic carbocycles. The number of carboxylic acid groups (broad SMARTS) is 1. The first-order valence-corrected chi connectivity index (χ1v) is 14.3. The van der Waals surface area contributed by atoms with Crippen molar-refractivity contribution in [2.45, 2.75) is 39.7 Å². The van der Waals surface area contributed by atoms with E-state index in [0.717, 1.165) is 64.2 Å². The molecular formula is C35H36N4O3. The summed E-state index contributed by atoms with van der Waals surface area (Å²) in [6.07, 6.45) is 2.85. The van der Waals surface area contributed by atoms with Crippen molar-refractivity contribution in [1.82, 2.24) is 14.5 Å². The molecule has 0 aliphatic heterocycles. The normalized spacial score (nSPS) is 11.0. The molecule has 0 spiro atoms. The minimum atomic E-state index is -0.948. The molecule has 5 aromatic rings. The number of hydrogen-bond acceptors (Lipinski definition) is 3. The number of imidazole rings is 1. The highest BCUT2D eigenvalue weighted by molar-refractivity contribution is 5.97. The Kier molecular flexibility index (Phi) is 8.38. The predicted molar refractivity (Wildman–Crippen MR) is 169 cm³/mol. The van der Waals surface area contributed by atoms with E-state index in [1.807, 2.05) is 79.7 Å². The Morgan fingerprint density at radius 3 is 2.31 bits per heavy atom. The molecule has 1 aromatic heterocycles. The van der Waals surface area contributed by atoms with Crippen LogP contribution in [0.4, 0.5) is 10.5 Å². The molecule has 2 amide bonds. The Hall–Kier alpha value is -4.91. The van der Waals surface area contributed by atoms with Crippen molar-refractivity contribution >= 4 is 28.7 Å². The van der Waals surface area contributed by atoms with Crippen molar-refractivity contribution in [2.24, 2.45) is 0 Å². The molecule has 1 N–H and O–H groups in total. The molecule has 7 nitrogen and oxygen atoms in total. The highest BCUT2D eigenvalue weighted by Crippen LogP contribution is 2.32. The summed E-state index contributed by atoms with van der Waals surface area (Å²) in [5.41, 5.74) is 7.37. The average Bonchev–Trinajstić information content (AvgIpc) is 3.36. The molecule has 0 radical (unpaired) electrons. The van der Waals surface area contributed by atoms with Crippen LogP contribution in [-0.2, 0) is 13.0 Å². The summed E-state index contributed by atoms with van der Waals surface area (Å²) in [6.45, 7) is 4.61. The van der Waals surface area contributed by atoms with Crippen molar-refractivity contribution < 1.29 is 14.7 Å². The minimum Gasteiger partial charge on any atom is -0.478 e. The molecule has 0 unspecified atom stereocenters. The van der Waals surface area contributed by atoms with Crippen molar-refractivity contribution in [2.75, 3.05) is 19.0 Å². The van der Waals surface area contributed by atoms with Crippen LogP contribution in [0.5, 0.6) is 0 Å². The van der Waals surface area contributed by atoms with E-state index in [9.17, 15) is 14.7 Å². The molecule has 5 rings (SSSR count). The van der Waals surface area contributed by atoms with Gasteiger partial charge >= 0.3 is 12.0 Å². The molecule has 0 fully saturated rings. The van der Waals surface area contributed by atoms with Gasteiger partial charge < -0.3 is 10.0 Å². The Morgan fingerprint density at radius 1 is 0.881 bits per heavy atom. The number of anilines is 1. The van der Waals surface area contributed by atoms with Crippen LogP contribution in [0.1, 0.15) is 47.1 Å². The maximum atomic E-state index is 13.4. The first kappa shape index (κ1) is 28.6. The third-order valence-electron chi connectivity index (χ3n) is 7.49. The lowest BCUT2D eigenvalue weighted by Gasteiger charge is -2.26. The SMILES string of the molecule is CCCCc1nc2ccc(N(Cc3ccccc3)C(=O)N(C)C)cc2n1-c1ccc(-c2ccccc2C(=O)O)c(C)c1. The summed E-state index contributed by atoms with van der Waals surface area (Å²) >= 11 is 0. The number of unbranched alkanes of at least 4 members (excludes halogenated alkanes) is 1. The number of urea groups is 1. The summed E-state index contributed by atoms with van der Waals surface area (Å²) in [5, 5.41) is 9.75. The number of aromatic nitrogens is 2. The van der Waals surface area contributed by atoms with Crippen LogP contribution >= 0.6 is 0 Å². The maximum absolute atomic E-state index is 13.4. The number of nitrogens with zero attached hydrogens (tertiary/aromatic N) is 4. The molecule has 214 valence electrons. The molecule has 1 heterocycles. The number of hydrogen-bond donors (Lipinski definition) is 1. The van der Waals surface area contributed by atoms with Gasteiger partial charge in [-0.2, -0.15) is 0 Å². The third kappa shape index (κ3) is 5.77. The second-order valence-electron chi connectivity index (χ2n) is 10.7. The van der Waals surface area contributed by atoms with Crippen LogP contribution < -0.4 is 4.90 Å². The van der Waals surface area contributed by atoms with Crippen molar-refractivity contribution in [1.29, 1.82) is 0 Å². The molecule has 7 heteroatoms. The zero-order valence-electron chi connectivity index (χ0n) is 24.5. The van der Waals surface area contributed by atoms with E-state index in [2.05, 4.69) is 17.6 Å². The maximum Gasteiger partial charge on any atom is 0.336 e. The minimum absolute atomic E-state index is 0.104. The zero-order valence-corrected chi connectivity index (χ0v) is 24.5. The standard InChI is InChI=1S/C35H36N4O3/c1-5-6-16-33-36-31-20-18-26(38(35(42)37(3)4)23-25-12-8-7-9-13-25)22-32(31)39(33)27-17-19-28(24(2)21-27)29-14-10-11-15-30(29)34(40)41/h7-15,17-22H,5-6,16,23H2,1-4H3,(H,40,41). The highest BCUT2D eigenvalue weighted by Gasteiger charge is 2.21. The van der Waals surface area contributed by atoms with Crippen molar-refractivity contribution in [3.63, 3.8) is 0 Å². The predicted octanol–water partition coefficient (Wildman–Crippen LogP) is 7.73. The molecule has 0 saturated heterocycles. The summed E-state index contributed by atoms with van der Waals surface area (Å²) < 4.78 is 2.18. The van der Waals surface area contributed by atoms with E-state index < -0.39 is 5.97 Å². The second-order valence-corrected chi connectivity index (χ2v) is 10.7. The molecule has 0 aliphatic carbocycles. The van der Waals surface area contributed by atoms with E-state index >= 15 is 0 Å². The third-order valence-corrected chi connectivity index (χ3v) is 7.49. The van der Waals surface area contributed by atoms with Crippen LogP contribution in [0.3, 0.4) is 0 Å². The van der Waals surface area contributed by atoms with E-state index in [-0.39, 0.29) is 11.6 Å². The summed E-state index contributed by atoms with van der Waals surface area (Å²) in [7, 11) is 3.53. The van der Waals surface area contributed by atoms with Gasteiger partial charge in [0.2, 0.25) is 0 Å². The van der Waals surface area contributed by atoms with Crippen LogP contribution in [-0.4, -0.2) is 45.7 Å². The lowest BCUT2D eigenvalue weighted by Crippen LogP contribution is -2.38. The number of rotatable bonds is 9. The first-order valence-electron chi connectivity index (χ1n) is 14.3. The number of benzene rings is 4. The van der Waals surface area contributed by atoms with Crippen LogP contribution in [0, 0.1) is 6.92 Å². The van der Waals surface area contributed by atoms with Gasteiger partial charge in [0, 0.05) is 31.9 Å².